The molecule has 0 aliphatic heterocycles. The van der Waals surface area contributed by atoms with E-state index in [0.717, 1.165) is 22.4 Å². The number of nitrogens with zero attached hydrogens (tertiary/aromatic N) is 1. The molecule has 0 fully saturated rings. The highest BCUT2D eigenvalue weighted by atomic mass is 35.5. The van der Waals surface area contributed by atoms with Crippen LogP contribution in [0.1, 0.15) is 5.56 Å². The maximum atomic E-state index is 13.4. The molecule has 4 rings (SSSR count). The predicted molar refractivity (Wildman–Crippen MR) is 98.0 cm³/mol. The van der Waals surface area contributed by atoms with Gasteiger partial charge in [-0.25, -0.2) is 9.07 Å². The smallest absolute Gasteiger partial charge is 0.287 e. The molecule has 0 saturated carbocycles. The van der Waals surface area contributed by atoms with E-state index < -0.39 is 22.4 Å². The number of hydrogen-bond donors (Lipinski definition) is 2. The Morgan fingerprint density at radius 2 is 1.85 bits per heavy atom. The number of pyridine rings is 1. The van der Waals surface area contributed by atoms with Crippen molar-refractivity contribution in [2.75, 3.05) is 0 Å². The second-order valence-corrected chi connectivity index (χ2v) is 6.34. The fourth-order valence-corrected chi connectivity index (χ4v) is 3.24. The number of aromatic amines is 2. The van der Waals surface area contributed by atoms with Crippen LogP contribution in [0.2, 0.25) is 5.02 Å². The third-order valence-electron chi connectivity index (χ3n) is 4.16. The van der Waals surface area contributed by atoms with Crippen LogP contribution in [-0.2, 0) is 0 Å². The maximum absolute atomic E-state index is 13.4. The van der Waals surface area contributed by atoms with Crippen molar-refractivity contribution in [2.24, 2.45) is 0 Å². The Morgan fingerprint density at radius 3 is 2.58 bits per heavy atom. The zero-order chi connectivity index (χ0) is 18.6. The lowest BCUT2D eigenvalue weighted by atomic mass is 10.1. The first-order valence-electron chi connectivity index (χ1n) is 7.64. The molecule has 0 aliphatic rings. The SMILES string of the molecule is Cc1ccc(-n2[nH]c(=O)c3[nH]c4cc(F)ccc4c(=O)c3c2=O)c(Cl)c1. The summed E-state index contributed by atoms with van der Waals surface area (Å²) in [5, 5.41) is 2.45. The highest BCUT2D eigenvalue weighted by Gasteiger charge is 2.16. The zero-order valence-electron chi connectivity index (χ0n) is 13.4. The Balaban J connectivity index is 2.18. The van der Waals surface area contributed by atoms with Crippen molar-refractivity contribution in [3.05, 3.63) is 83.7 Å². The molecular formula is C18H11ClFN3O3. The summed E-state index contributed by atoms with van der Waals surface area (Å²) in [7, 11) is 0. The van der Waals surface area contributed by atoms with Gasteiger partial charge >= 0.3 is 0 Å². The molecule has 2 N–H and O–H groups in total. The molecule has 8 heteroatoms. The van der Waals surface area contributed by atoms with E-state index in [1.165, 1.54) is 6.07 Å². The topological polar surface area (TPSA) is 87.7 Å². The second kappa shape index (κ2) is 5.67. The molecule has 6 nitrogen and oxygen atoms in total. The van der Waals surface area contributed by atoms with Crippen LogP contribution in [0.15, 0.2) is 50.8 Å². The molecule has 2 aromatic heterocycles. The number of fused-ring (bicyclic) bond motifs is 2. The van der Waals surface area contributed by atoms with Gasteiger partial charge in [0.25, 0.3) is 11.1 Å². The molecule has 0 saturated heterocycles. The fraction of sp³-hybridized carbons (Fsp3) is 0.0556. The van der Waals surface area contributed by atoms with Crippen LogP contribution in [0.3, 0.4) is 0 Å². The Labute approximate surface area is 149 Å². The molecule has 0 radical (unpaired) electrons. The summed E-state index contributed by atoms with van der Waals surface area (Å²) >= 11 is 6.18. The highest BCUT2D eigenvalue weighted by molar-refractivity contribution is 6.32. The van der Waals surface area contributed by atoms with Gasteiger partial charge in [-0.05, 0) is 42.8 Å². The van der Waals surface area contributed by atoms with Gasteiger partial charge in [0, 0.05) is 5.39 Å². The lowest BCUT2D eigenvalue weighted by molar-refractivity contribution is 0.629. The fourth-order valence-electron chi connectivity index (χ4n) is 2.92. The largest absolute Gasteiger partial charge is 0.350 e. The van der Waals surface area contributed by atoms with Crippen molar-refractivity contribution >= 4 is 33.4 Å². The van der Waals surface area contributed by atoms with E-state index in [9.17, 15) is 18.8 Å². The molecule has 0 spiro atoms. The molecular weight excluding hydrogens is 361 g/mol. The minimum absolute atomic E-state index is 0.114. The Kier molecular flexibility index (Phi) is 3.55. The van der Waals surface area contributed by atoms with Crippen LogP contribution in [0.5, 0.6) is 0 Å². The van der Waals surface area contributed by atoms with Crippen molar-refractivity contribution in [1.29, 1.82) is 0 Å². The minimum atomic E-state index is -0.724. The third kappa shape index (κ3) is 2.36. The van der Waals surface area contributed by atoms with Crippen LogP contribution < -0.4 is 16.5 Å². The maximum Gasteiger partial charge on any atom is 0.287 e. The summed E-state index contributed by atoms with van der Waals surface area (Å²) < 4.78 is 14.4. The monoisotopic (exact) mass is 371 g/mol. The van der Waals surface area contributed by atoms with Crippen LogP contribution in [0.25, 0.3) is 27.5 Å². The molecule has 4 aromatic rings. The predicted octanol–water partition coefficient (Wildman–Crippen LogP) is 2.62. The number of rotatable bonds is 1. The normalized spacial score (nSPS) is 11.3. The quantitative estimate of drug-likeness (QED) is 0.504. The lowest BCUT2D eigenvalue weighted by Gasteiger charge is -2.10. The van der Waals surface area contributed by atoms with Gasteiger partial charge in [-0.1, -0.05) is 17.7 Å². The van der Waals surface area contributed by atoms with Gasteiger partial charge in [0.05, 0.1) is 16.2 Å². The molecule has 0 atom stereocenters. The standard InChI is InChI=1S/C18H11ClFN3O3/c1-8-2-5-13(11(19)6-8)23-18(26)14-15(17(25)22-23)21-12-7-9(20)3-4-10(12)16(14)24/h2-7H,1H3,(H,21,24)(H,22,25). The molecule has 0 unspecified atom stereocenters. The molecule has 0 amide bonds. The summed E-state index contributed by atoms with van der Waals surface area (Å²) in [6, 6.07) is 8.42. The van der Waals surface area contributed by atoms with Crippen LogP contribution >= 0.6 is 11.6 Å². The number of H-pyrrole nitrogens is 2. The number of aryl methyl sites for hydroxylation is 1. The summed E-state index contributed by atoms with van der Waals surface area (Å²) in [4.78, 5) is 40.8. The van der Waals surface area contributed by atoms with Crippen molar-refractivity contribution in [3.63, 3.8) is 0 Å². The van der Waals surface area contributed by atoms with Crippen LogP contribution in [0, 0.1) is 12.7 Å². The summed E-state index contributed by atoms with van der Waals surface area (Å²) in [6.45, 7) is 1.83. The zero-order valence-corrected chi connectivity index (χ0v) is 14.1. The molecule has 0 bridgehead atoms. The van der Waals surface area contributed by atoms with E-state index in [4.69, 9.17) is 11.6 Å². The minimum Gasteiger partial charge on any atom is -0.350 e. The average molecular weight is 372 g/mol. The van der Waals surface area contributed by atoms with Gasteiger partial charge in [-0.2, -0.15) is 0 Å². The number of hydrogen-bond acceptors (Lipinski definition) is 3. The van der Waals surface area contributed by atoms with E-state index in [2.05, 4.69) is 10.1 Å². The van der Waals surface area contributed by atoms with Crippen molar-refractivity contribution < 1.29 is 4.39 Å². The lowest BCUT2D eigenvalue weighted by Crippen LogP contribution is -2.32. The van der Waals surface area contributed by atoms with Gasteiger partial charge < -0.3 is 4.98 Å². The van der Waals surface area contributed by atoms with E-state index >= 15 is 0 Å². The van der Waals surface area contributed by atoms with Crippen LogP contribution in [-0.4, -0.2) is 14.8 Å². The Bertz CT molecular complexity index is 1390. The van der Waals surface area contributed by atoms with Gasteiger partial charge in [0.2, 0.25) is 5.43 Å². The van der Waals surface area contributed by atoms with E-state index in [1.807, 2.05) is 6.92 Å². The number of aromatic nitrogens is 3. The van der Waals surface area contributed by atoms with Crippen molar-refractivity contribution in [2.45, 2.75) is 6.92 Å². The van der Waals surface area contributed by atoms with Gasteiger partial charge in [-0.3, -0.25) is 19.5 Å². The van der Waals surface area contributed by atoms with Gasteiger partial charge in [0.15, 0.2) is 0 Å². The first-order valence-corrected chi connectivity index (χ1v) is 8.02. The summed E-state index contributed by atoms with van der Waals surface area (Å²) in [5.74, 6) is -0.566. The number of benzene rings is 2. The third-order valence-corrected chi connectivity index (χ3v) is 4.47. The van der Waals surface area contributed by atoms with Crippen molar-refractivity contribution in [1.82, 2.24) is 14.8 Å². The van der Waals surface area contributed by atoms with Gasteiger partial charge in [-0.15, -0.1) is 0 Å². The number of halogens is 2. The average Bonchev–Trinajstić information content (AvgIpc) is 2.58. The molecule has 130 valence electrons. The molecule has 26 heavy (non-hydrogen) atoms. The highest BCUT2D eigenvalue weighted by Crippen LogP contribution is 2.20. The van der Waals surface area contributed by atoms with E-state index in [0.29, 0.717) is 0 Å². The molecule has 2 aromatic carbocycles. The van der Waals surface area contributed by atoms with Crippen LogP contribution in [0.4, 0.5) is 4.39 Å². The molecule has 2 heterocycles. The van der Waals surface area contributed by atoms with E-state index in [1.54, 1.807) is 18.2 Å². The van der Waals surface area contributed by atoms with Crippen molar-refractivity contribution in [3.8, 4) is 5.69 Å². The Morgan fingerprint density at radius 1 is 1.08 bits per heavy atom. The molecule has 0 aliphatic carbocycles. The first kappa shape index (κ1) is 16.3. The summed E-state index contributed by atoms with van der Waals surface area (Å²) in [6.07, 6.45) is 0. The second-order valence-electron chi connectivity index (χ2n) is 5.93. The van der Waals surface area contributed by atoms with E-state index in [-0.39, 0.29) is 32.5 Å². The van der Waals surface area contributed by atoms with Gasteiger partial charge in [0.1, 0.15) is 16.7 Å². The summed E-state index contributed by atoms with van der Waals surface area (Å²) in [5.41, 5.74) is -1.02. The first-order chi connectivity index (χ1) is 12.4. The number of nitrogens with one attached hydrogen (secondary N) is 2. The Hall–Kier alpha value is -3.19.